The van der Waals surface area contributed by atoms with Crippen LogP contribution >= 0.6 is 0 Å². The Balaban J connectivity index is 1.11. The number of nitrogens with zero attached hydrogens (tertiary/aromatic N) is 7. The molecule has 0 spiro atoms. The molecule has 2 aromatic heterocycles. The van der Waals surface area contributed by atoms with E-state index in [1.807, 2.05) is 18.5 Å². The van der Waals surface area contributed by atoms with Gasteiger partial charge in [0, 0.05) is 77.2 Å². The summed E-state index contributed by atoms with van der Waals surface area (Å²) in [6.07, 6.45) is 8.98. The highest BCUT2D eigenvalue weighted by Crippen LogP contribution is 2.32. The van der Waals surface area contributed by atoms with Gasteiger partial charge in [0.1, 0.15) is 36.7 Å². The lowest BCUT2D eigenvalue weighted by molar-refractivity contribution is -0.0594. The second-order valence-corrected chi connectivity index (χ2v) is 10.6. The lowest BCUT2D eigenvalue weighted by Crippen LogP contribution is -2.47. The Hall–Kier alpha value is -3.60. The number of piperazine rings is 1. The summed E-state index contributed by atoms with van der Waals surface area (Å²) < 4.78 is 17.9. The molecule has 10 nitrogen and oxygen atoms in total. The fourth-order valence-corrected chi connectivity index (χ4v) is 5.54. The number of hydrogen-bond acceptors (Lipinski definition) is 10. The molecule has 0 amide bonds. The highest BCUT2D eigenvalue weighted by molar-refractivity contribution is 5.69. The van der Waals surface area contributed by atoms with E-state index >= 15 is 0 Å². The summed E-state index contributed by atoms with van der Waals surface area (Å²) in [4.78, 5) is 25.5. The van der Waals surface area contributed by atoms with Gasteiger partial charge in [0.2, 0.25) is 5.95 Å². The van der Waals surface area contributed by atoms with E-state index in [1.54, 1.807) is 13.4 Å². The van der Waals surface area contributed by atoms with Crippen molar-refractivity contribution >= 4 is 17.8 Å². The van der Waals surface area contributed by atoms with Gasteiger partial charge in [-0.05, 0) is 24.3 Å². The molecule has 10 heteroatoms. The Bertz CT molecular complexity index is 1300. The SMILES string of the molecule is COC1Cc2ncnc(N3CCN(c4ncc(Cc5ccccc5)cn4)CC3)c2C=C1OCC1CN(C)CCO1. The van der Waals surface area contributed by atoms with Crippen LogP contribution < -0.4 is 9.80 Å². The smallest absolute Gasteiger partial charge is 0.225 e. The number of ether oxygens (including phenoxy) is 3. The van der Waals surface area contributed by atoms with E-state index < -0.39 is 0 Å². The summed E-state index contributed by atoms with van der Waals surface area (Å²) in [7, 11) is 3.83. The van der Waals surface area contributed by atoms with Crippen molar-refractivity contribution in [2.45, 2.75) is 25.0 Å². The predicted molar refractivity (Wildman–Crippen MR) is 153 cm³/mol. The molecule has 0 bridgehead atoms. The van der Waals surface area contributed by atoms with Crippen LogP contribution in [0.1, 0.15) is 22.4 Å². The molecule has 0 N–H and O–H groups in total. The Morgan fingerprint density at radius 3 is 2.45 bits per heavy atom. The van der Waals surface area contributed by atoms with Gasteiger partial charge in [-0.25, -0.2) is 19.9 Å². The minimum Gasteiger partial charge on any atom is -0.492 e. The number of methoxy groups -OCH3 is 1. The lowest BCUT2D eigenvalue weighted by Gasteiger charge is -2.37. The molecule has 0 radical (unpaired) electrons. The number of hydrogen-bond donors (Lipinski definition) is 0. The van der Waals surface area contributed by atoms with Crippen molar-refractivity contribution in [3.05, 3.63) is 77.2 Å². The molecule has 2 saturated heterocycles. The summed E-state index contributed by atoms with van der Waals surface area (Å²) in [6.45, 7) is 6.31. The quantitative estimate of drug-likeness (QED) is 0.422. The van der Waals surface area contributed by atoms with Gasteiger partial charge in [0.25, 0.3) is 0 Å². The molecule has 2 aliphatic heterocycles. The summed E-state index contributed by atoms with van der Waals surface area (Å²) in [5.41, 5.74) is 4.37. The summed E-state index contributed by atoms with van der Waals surface area (Å²) in [5, 5.41) is 0. The average molecular weight is 544 g/mol. The Kier molecular flexibility index (Phi) is 8.17. The van der Waals surface area contributed by atoms with Crippen molar-refractivity contribution in [3.8, 4) is 0 Å². The van der Waals surface area contributed by atoms with Gasteiger partial charge in [-0.2, -0.15) is 0 Å². The summed E-state index contributed by atoms with van der Waals surface area (Å²) in [5.74, 6) is 2.52. The predicted octanol–water partition coefficient (Wildman–Crippen LogP) is 2.44. The molecule has 1 aliphatic carbocycles. The average Bonchev–Trinajstić information content (AvgIpc) is 3.00. The number of benzene rings is 1. The number of fused-ring (bicyclic) bond motifs is 1. The van der Waals surface area contributed by atoms with Crippen LogP contribution in [0.4, 0.5) is 11.8 Å². The van der Waals surface area contributed by atoms with Crippen molar-refractivity contribution in [2.24, 2.45) is 0 Å². The van der Waals surface area contributed by atoms with Crippen LogP contribution in [0.5, 0.6) is 0 Å². The van der Waals surface area contributed by atoms with Crippen molar-refractivity contribution in [2.75, 3.05) is 76.4 Å². The van der Waals surface area contributed by atoms with E-state index in [0.717, 1.165) is 86.6 Å². The molecule has 2 atom stereocenters. The first-order chi connectivity index (χ1) is 19.7. The van der Waals surface area contributed by atoms with Crippen LogP contribution in [0.25, 0.3) is 6.08 Å². The molecule has 2 fully saturated rings. The van der Waals surface area contributed by atoms with Crippen LogP contribution in [0.3, 0.4) is 0 Å². The molecule has 210 valence electrons. The Morgan fingerprint density at radius 2 is 1.70 bits per heavy atom. The van der Waals surface area contributed by atoms with E-state index in [4.69, 9.17) is 19.2 Å². The molecule has 2 unspecified atom stereocenters. The van der Waals surface area contributed by atoms with Crippen molar-refractivity contribution in [1.82, 2.24) is 24.8 Å². The molecule has 3 aliphatic rings. The van der Waals surface area contributed by atoms with Gasteiger partial charge in [0.05, 0.1) is 12.3 Å². The number of likely N-dealkylation sites (N-methyl/N-ethyl adjacent to an activating group) is 1. The van der Waals surface area contributed by atoms with Crippen molar-refractivity contribution < 1.29 is 14.2 Å². The third-order valence-electron chi connectivity index (χ3n) is 7.80. The zero-order chi connectivity index (χ0) is 27.3. The van der Waals surface area contributed by atoms with Gasteiger partial charge >= 0.3 is 0 Å². The van der Waals surface area contributed by atoms with Crippen LogP contribution in [-0.4, -0.2) is 104 Å². The molecule has 1 aromatic carbocycles. The minimum atomic E-state index is -0.171. The zero-order valence-electron chi connectivity index (χ0n) is 23.3. The molecule has 6 rings (SSSR count). The first kappa shape index (κ1) is 26.6. The Labute approximate surface area is 235 Å². The maximum atomic E-state index is 6.28. The van der Waals surface area contributed by atoms with E-state index in [1.165, 1.54) is 5.56 Å². The molecule has 4 heterocycles. The second kappa shape index (κ2) is 12.3. The number of rotatable bonds is 8. The highest BCUT2D eigenvalue weighted by Gasteiger charge is 2.30. The van der Waals surface area contributed by atoms with E-state index in [-0.39, 0.29) is 12.2 Å². The third kappa shape index (κ3) is 6.09. The Morgan fingerprint density at radius 1 is 0.925 bits per heavy atom. The van der Waals surface area contributed by atoms with Crippen molar-refractivity contribution in [3.63, 3.8) is 0 Å². The second-order valence-electron chi connectivity index (χ2n) is 10.6. The molecular formula is C30H37N7O3. The highest BCUT2D eigenvalue weighted by atomic mass is 16.6. The topological polar surface area (TPSA) is 89.0 Å². The van der Waals surface area contributed by atoms with E-state index in [0.29, 0.717) is 13.0 Å². The van der Waals surface area contributed by atoms with Crippen LogP contribution in [0.15, 0.2) is 54.8 Å². The minimum absolute atomic E-state index is 0.0488. The third-order valence-corrected chi connectivity index (χ3v) is 7.80. The van der Waals surface area contributed by atoms with Crippen LogP contribution in [0.2, 0.25) is 0 Å². The van der Waals surface area contributed by atoms with E-state index in [2.05, 4.69) is 67.0 Å². The van der Waals surface area contributed by atoms with Gasteiger partial charge < -0.3 is 28.9 Å². The molecule has 3 aromatic rings. The number of morpholine rings is 1. The summed E-state index contributed by atoms with van der Waals surface area (Å²) >= 11 is 0. The maximum Gasteiger partial charge on any atom is 0.225 e. The monoisotopic (exact) mass is 543 g/mol. The fourth-order valence-electron chi connectivity index (χ4n) is 5.54. The van der Waals surface area contributed by atoms with Gasteiger partial charge in [-0.3, -0.25) is 0 Å². The number of anilines is 2. The molecule has 0 saturated carbocycles. The van der Waals surface area contributed by atoms with E-state index in [9.17, 15) is 0 Å². The van der Waals surface area contributed by atoms with Crippen molar-refractivity contribution in [1.29, 1.82) is 0 Å². The first-order valence-electron chi connectivity index (χ1n) is 14.0. The van der Waals surface area contributed by atoms with Crippen LogP contribution in [-0.2, 0) is 27.1 Å². The first-order valence-corrected chi connectivity index (χ1v) is 14.0. The molecule has 40 heavy (non-hydrogen) atoms. The normalized spacial score (nSPS) is 21.6. The fraction of sp³-hybridized carbons (Fsp3) is 0.467. The number of aromatic nitrogens is 4. The summed E-state index contributed by atoms with van der Waals surface area (Å²) in [6, 6.07) is 10.4. The molecular weight excluding hydrogens is 506 g/mol. The van der Waals surface area contributed by atoms with Gasteiger partial charge in [-0.1, -0.05) is 30.3 Å². The maximum absolute atomic E-state index is 6.28. The van der Waals surface area contributed by atoms with Crippen LogP contribution in [0, 0.1) is 0 Å². The van der Waals surface area contributed by atoms with Gasteiger partial charge in [0.15, 0.2) is 0 Å². The largest absolute Gasteiger partial charge is 0.492 e. The van der Waals surface area contributed by atoms with Gasteiger partial charge in [-0.15, -0.1) is 0 Å². The lowest BCUT2D eigenvalue weighted by atomic mass is 9.98. The zero-order valence-corrected chi connectivity index (χ0v) is 23.3. The standard InChI is InChI=1S/C30H37N7O3/c1-35-12-13-39-24(19-35)20-40-28-15-25-26(16-27(28)38-2)33-21-34-29(25)36-8-10-37(11-9-36)30-31-17-23(18-32-30)14-22-6-4-3-5-7-22/h3-7,15,17-18,21,24,27H,8-14,16,19-20H2,1-2H3.